The summed E-state index contributed by atoms with van der Waals surface area (Å²) in [5, 5.41) is 8.53. The molecule has 1 heterocycles. The number of aromatic nitrogens is 2. The Kier molecular flexibility index (Phi) is 5.34. The molecule has 7 heteroatoms. The molecular weight excluding hydrogens is 388 g/mol. The minimum atomic E-state index is -0.843. The SMILES string of the molecule is CCC1C[C@](C)(O[C@@H](C(N)=O)C2CC2)c2nnc(-c3c(F)cccc3F)cc2[C@H]1C. The van der Waals surface area contributed by atoms with Gasteiger partial charge in [-0.25, -0.2) is 8.78 Å². The molecule has 4 rings (SSSR count). The number of primary amides is 1. The third-order valence-electron chi connectivity index (χ3n) is 6.63. The molecule has 1 saturated carbocycles. The van der Waals surface area contributed by atoms with E-state index in [2.05, 4.69) is 24.0 Å². The van der Waals surface area contributed by atoms with Crippen LogP contribution in [0.25, 0.3) is 11.3 Å². The topological polar surface area (TPSA) is 78.1 Å². The molecule has 160 valence electrons. The largest absolute Gasteiger partial charge is 0.367 e. The fraction of sp³-hybridized carbons (Fsp3) is 0.522. The van der Waals surface area contributed by atoms with Crippen LogP contribution in [-0.4, -0.2) is 22.2 Å². The van der Waals surface area contributed by atoms with Crippen LogP contribution in [0.1, 0.15) is 63.6 Å². The summed E-state index contributed by atoms with van der Waals surface area (Å²) in [5.74, 6) is -1.31. The summed E-state index contributed by atoms with van der Waals surface area (Å²) in [6.07, 6.45) is 2.74. The van der Waals surface area contributed by atoms with Crippen LogP contribution in [0.4, 0.5) is 8.78 Å². The molecule has 0 aliphatic heterocycles. The number of halogens is 2. The monoisotopic (exact) mass is 415 g/mol. The number of amides is 1. The molecule has 1 aromatic carbocycles. The maximum Gasteiger partial charge on any atom is 0.246 e. The summed E-state index contributed by atoms with van der Waals surface area (Å²) in [5.41, 5.74) is 6.21. The first-order valence-corrected chi connectivity index (χ1v) is 10.5. The molecule has 1 amide bonds. The smallest absolute Gasteiger partial charge is 0.246 e. The highest BCUT2D eigenvalue weighted by Crippen LogP contribution is 2.49. The zero-order valence-electron chi connectivity index (χ0n) is 17.5. The van der Waals surface area contributed by atoms with Crippen molar-refractivity contribution in [3.05, 3.63) is 47.2 Å². The fourth-order valence-electron chi connectivity index (χ4n) is 4.72. The van der Waals surface area contributed by atoms with Gasteiger partial charge in [-0.3, -0.25) is 4.79 Å². The number of hydrogen-bond acceptors (Lipinski definition) is 4. The first-order valence-electron chi connectivity index (χ1n) is 10.5. The number of ether oxygens (including phenoxy) is 1. The van der Waals surface area contributed by atoms with Gasteiger partial charge < -0.3 is 10.5 Å². The van der Waals surface area contributed by atoms with Gasteiger partial charge in [0.25, 0.3) is 0 Å². The summed E-state index contributed by atoms with van der Waals surface area (Å²) < 4.78 is 35.0. The Morgan fingerprint density at radius 2 is 1.97 bits per heavy atom. The van der Waals surface area contributed by atoms with Crippen molar-refractivity contribution in [3.63, 3.8) is 0 Å². The molecular formula is C23H27F2N3O2. The third kappa shape index (κ3) is 3.60. The Morgan fingerprint density at radius 1 is 1.30 bits per heavy atom. The molecule has 2 N–H and O–H groups in total. The average Bonchev–Trinajstić information content (AvgIpc) is 3.54. The van der Waals surface area contributed by atoms with Crippen LogP contribution in [0.15, 0.2) is 24.3 Å². The molecule has 0 saturated heterocycles. The second-order valence-electron chi connectivity index (χ2n) is 8.80. The molecule has 0 spiro atoms. The highest BCUT2D eigenvalue weighted by molar-refractivity contribution is 5.79. The Labute approximate surface area is 175 Å². The first kappa shape index (κ1) is 20.8. The van der Waals surface area contributed by atoms with Gasteiger partial charge in [-0.2, -0.15) is 5.10 Å². The van der Waals surface area contributed by atoms with Crippen LogP contribution in [0.3, 0.4) is 0 Å². The predicted molar refractivity (Wildman–Crippen MR) is 108 cm³/mol. The van der Waals surface area contributed by atoms with Crippen molar-refractivity contribution in [3.8, 4) is 11.3 Å². The zero-order chi connectivity index (χ0) is 21.6. The molecule has 5 nitrogen and oxygen atoms in total. The molecule has 2 aliphatic rings. The molecule has 1 aromatic heterocycles. The van der Waals surface area contributed by atoms with Crippen molar-refractivity contribution in [1.82, 2.24) is 10.2 Å². The second-order valence-corrected chi connectivity index (χ2v) is 8.80. The third-order valence-corrected chi connectivity index (χ3v) is 6.63. The van der Waals surface area contributed by atoms with E-state index in [0.29, 0.717) is 12.1 Å². The van der Waals surface area contributed by atoms with Gasteiger partial charge in [0.1, 0.15) is 23.3 Å². The molecule has 0 bridgehead atoms. The van der Waals surface area contributed by atoms with Crippen molar-refractivity contribution in [2.75, 3.05) is 0 Å². The van der Waals surface area contributed by atoms with Crippen LogP contribution in [0, 0.1) is 23.5 Å². The number of fused-ring (bicyclic) bond motifs is 1. The van der Waals surface area contributed by atoms with Gasteiger partial charge in [0.15, 0.2) is 0 Å². The Balaban J connectivity index is 1.80. The number of nitrogens with zero attached hydrogens (tertiary/aromatic N) is 2. The van der Waals surface area contributed by atoms with E-state index in [0.717, 1.165) is 24.8 Å². The lowest BCUT2D eigenvalue weighted by atomic mass is 9.70. The second kappa shape index (κ2) is 7.69. The number of rotatable bonds is 6. The van der Waals surface area contributed by atoms with Crippen LogP contribution >= 0.6 is 0 Å². The van der Waals surface area contributed by atoms with Crippen LogP contribution in [0.2, 0.25) is 0 Å². The number of hydrogen-bond donors (Lipinski definition) is 1. The van der Waals surface area contributed by atoms with E-state index >= 15 is 0 Å². The molecule has 1 unspecified atom stereocenters. The Hall–Kier alpha value is -2.41. The van der Waals surface area contributed by atoms with E-state index in [-0.39, 0.29) is 29.0 Å². The van der Waals surface area contributed by atoms with Gasteiger partial charge in [-0.1, -0.05) is 26.3 Å². The average molecular weight is 415 g/mol. The Bertz CT molecular complexity index is 959. The normalized spacial score (nSPS) is 26.8. The van der Waals surface area contributed by atoms with Gasteiger partial charge in [0, 0.05) is 0 Å². The molecule has 2 aromatic rings. The molecule has 2 aliphatic carbocycles. The highest BCUT2D eigenvalue weighted by Gasteiger charge is 2.47. The van der Waals surface area contributed by atoms with Crippen molar-refractivity contribution in [1.29, 1.82) is 0 Å². The minimum Gasteiger partial charge on any atom is -0.367 e. The van der Waals surface area contributed by atoms with Crippen molar-refractivity contribution < 1.29 is 18.3 Å². The molecule has 1 fully saturated rings. The van der Waals surface area contributed by atoms with Gasteiger partial charge >= 0.3 is 0 Å². The molecule has 30 heavy (non-hydrogen) atoms. The lowest BCUT2D eigenvalue weighted by Crippen LogP contribution is -2.45. The quantitative estimate of drug-likeness (QED) is 0.756. The summed E-state index contributed by atoms with van der Waals surface area (Å²) in [6.45, 7) is 6.10. The molecule has 4 atom stereocenters. The predicted octanol–water partition coefficient (Wildman–Crippen LogP) is 4.45. The summed E-state index contributed by atoms with van der Waals surface area (Å²) in [4.78, 5) is 12.0. The lowest BCUT2D eigenvalue weighted by molar-refractivity contribution is -0.153. The summed E-state index contributed by atoms with van der Waals surface area (Å²) >= 11 is 0. The van der Waals surface area contributed by atoms with E-state index < -0.39 is 29.2 Å². The number of carbonyl (C=O) groups excluding carboxylic acids is 1. The van der Waals surface area contributed by atoms with Crippen molar-refractivity contribution in [2.24, 2.45) is 17.6 Å². The van der Waals surface area contributed by atoms with Gasteiger partial charge in [0.2, 0.25) is 5.91 Å². The standard InChI is InChI=1S/C23H27F2N3O2/c1-4-13-11-23(3,30-20(22(26)29)14-8-9-14)21-15(12(13)2)10-18(27-28-21)19-16(24)6-5-7-17(19)25/h5-7,10,12-14,20H,4,8-9,11H2,1-3H3,(H2,26,29)/t12-,13?,20+,23-/m0/s1. The van der Waals surface area contributed by atoms with E-state index in [1.54, 1.807) is 6.07 Å². The van der Waals surface area contributed by atoms with Crippen molar-refractivity contribution in [2.45, 2.75) is 64.1 Å². The van der Waals surface area contributed by atoms with Crippen molar-refractivity contribution >= 4 is 5.91 Å². The minimum absolute atomic E-state index is 0.110. The first-order chi connectivity index (χ1) is 14.2. The van der Waals surface area contributed by atoms with E-state index in [9.17, 15) is 13.6 Å². The van der Waals surface area contributed by atoms with Crippen LogP contribution in [0.5, 0.6) is 0 Å². The van der Waals surface area contributed by atoms with E-state index in [1.165, 1.54) is 18.2 Å². The van der Waals surface area contributed by atoms with Gasteiger partial charge in [-0.15, -0.1) is 5.10 Å². The van der Waals surface area contributed by atoms with Crippen LogP contribution < -0.4 is 5.73 Å². The van der Waals surface area contributed by atoms with Crippen LogP contribution in [-0.2, 0) is 15.1 Å². The number of nitrogens with two attached hydrogens (primary N) is 1. The number of benzene rings is 1. The zero-order valence-corrected chi connectivity index (χ0v) is 17.5. The maximum atomic E-state index is 14.3. The molecule has 0 radical (unpaired) electrons. The maximum absolute atomic E-state index is 14.3. The van der Waals surface area contributed by atoms with E-state index in [1.807, 2.05) is 6.92 Å². The number of carbonyl (C=O) groups is 1. The highest BCUT2D eigenvalue weighted by atomic mass is 19.1. The fourth-order valence-corrected chi connectivity index (χ4v) is 4.72. The van der Waals surface area contributed by atoms with Gasteiger partial charge in [-0.05, 0) is 67.7 Å². The summed E-state index contributed by atoms with van der Waals surface area (Å²) in [6, 6.07) is 5.45. The van der Waals surface area contributed by atoms with Gasteiger partial charge in [0.05, 0.1) is 17.0 Å². The summed E-state index contributed by atoms with van der Waals surface area (Å²) in [7, 11) is 0. The Morgan fingerprint density at radius 3 is 2.53 bits per heavy atom. The lowest BCUT2D eigenvalue weighted by Gasteiger charge is -2.43. The van der Waals surface area contributed by atoms with E-state index in [4.69, 9.17) is 10.5 Å².